The van der Waals surface area contributed by atoms with Crippen LogP contribution in [0.2, 0.25) is 0 Å². The molecule has 0 spiro atoms. The van der Waals surface area contributed by atoms with E-state index < -0.39 is 12.1 Å². The van der Waals surface area contributed by atoms with Crippen LogP contribution in [0.1, 0.15) is 309 Å². The fraction of sp³-hybridized carbons (Fsp3) is 0.850. The first-order valence-corrected chi connectivity index (χ1v) is 28.9. The number of hydrogen-bond acceptors (Lipinski definition) is 3. The Morgan fingerprint density at radius 2 is 0.609 bits per heavy atom. The molecule has 0 fully saturated rings. The third-order valence-corrected chi connectivity index (χ3v) is 13.3. The van der Waals surface area contributed by atoms with Gasteiger partial charge in [0.25, 0.3) is 0 Å². The van der Waals surface area contributed by atoms with Crippen LogP contribution in [0, 0.1) is 0 Å². The minimum absolute atomic E-state index is 0.0742. The van der Waals surface area contributed by atoms with Gasteiger partial charge in [-0.3, -0.25) is 4.79 Å². The second-order valence-electron chi connectivity index (χ2n) is 19.7. The first-order chi connectivity index (χ1) is 31.7. The number of allylic oxidation sites excluding steroid dienone is 7. The predicted octanol–water partition coefficient (Wildman–Crippen LogP) is 19.0. The first-order valence-electron chi connectivity index (χ1n) is 28.9. The van der Waals surface area contributed by atoms with E-state index in [-0.39, 0.29) is 12.5 Å². The monoisotopic (exact) mass is 896 g/mol. The van der Waals surface area contributed by atoms with Crippen molar-refractivity contribution in [3.05, 3.63) is 48.6 Å². The Kier molecular flexibility index (Phi) is 54.2. The standard InChI is InChI=1S/C60H113NO3/c1-3-5-7-9-11-13-15-17-19-21-23-25-26-27-28-29-30-31-32-33-34-36-38-40-42-44-46-48-50-52-54-56-60(64)61-58(57-62)59(63)55-53-51-49-47-45-43-41-39-37-35-24-22-20-18-16-14-12-10-8-6-4-2/h27-28,37,39,45,47,53,55,58-59,62-63H,3-26,29-36,38,40-44,46,48-52,54,56-57H2,1-2H3,(H,61,64)/b28-27-,39-37+,47-45+,55-53+. The lowest BCUT2D eigenvalue weighted by atomic mass is 10.0. The highest BCUT2D eigenvalue weighted by Crippen LogP contribution is 2.17. The Balaban J connectivity index is 3.51. The molecule has 2 atom stereocenters. The van der Waals surface area contributed by atoms with Gasteiger partial charge in [-0.2, -0.15) is 0 Å². The minimum Gasteiger partial charge on any atom is -0.394 e. The van der Waals surface area contributed by atoms with Crippen LogP contribution >= 0.6 is 0 Å². The van der Waals surface area contributed by atoms with E-state index in [1.54, 1.807) is 6.08 Å². The molecule has 4 heteroatoms. The smallest absolute Gasteiger partial charge is 0.220 e. The van der Waals surface area contributed by atoms with Crippen molar-refractivity contribution in [2.45, 2.75) is 321 Å². The van der Waals surface area contributed by atoms with Gasteiger partial charge in [0.2, 0.25) is 5.91 Å². The highest BCUT2D eigenvalue weighted by molar-refractivity contribution is 5.76. The Labute approximate surface area is 401 Å². The lowest BCUT2D eigenvalue weighted by Gasteiger charge is -2.19. The molecule has 0 rings (SSSR count). The van der Waals surface area contributed by atoms with Gasteiger partial charge in [-0.1, -0.05) is 281 Å². The largest absolute Gasteiger partial charge is 0.394 e. The Morgan fingerprint density at radius 1 is 0.359 bits per heavy atom. The Hall–Kier alpha value is -1.65. The van der Waals surface area contributed by atoms with E-state index in [2.05, 4.69) is 55.6 Å². The summed E-state index contributed by atoms with van der Waals surface area (Å²) in [5.41, 5.74) is 0. The second kappa shape index (κ2) is 55.7. The van der Waals surface area contributed by atoms with E-state index in [0.29, 0.717) is 6.42 Å². The molecule has 0 aliphatic heterocycles. The number of unbranched alkanes of at least 4 members (excludes halogenated alkanes) is 40. The molecule has 0 aromatic heterocycles. The molecule has 1 amide bonds. The molecule has 0 bridgehead atoms. The zero-order chi connectivity index (χ0) is 46.3. The van der Waals surface area contributed by atoms with Crippen molar-refractivity contribution in [1.82, 2.24) is 5.32 Å². The number of aliphatic hydroxyl groups excluding tert-OH is 2. The number of carbonyl (C=O) groups is 1. The summed E-state index contributed by atoms with van der Waals surface area (Å²) in [7, 11) is 0. The van der Waals surface area contributed by atoms with Gasteiger partial charge in [0.1, 0.15) is 0 Å². The highest BCUT2D eigenvalue weighted by Gasteiger charge is 2.18. The van der Waals surface area contributed by atoms with E-state index >= 15 is 0 Å². The summed E-state index contributed by atoms with van der Waals surface area (Å²) in [6, 6.07) is -0.646. The predicted molar refractivity (Wildman–Crippen MR) is 285 cm³/mol. The van der Waals surface area contributed by atoms with Gasteiger partial charge in [-0.15, -0.1) is 0 Å². The molecular weight excluding hydrogens is 783 g/mol. The second-order valence-corrected chi connectivity index (χ2v) is 19.7. The van der Waals surface area contributed by atoms with Crippen LogP contribution in [0.3, 0.4) is 0 Å². The van der Waals surface area contributed by atoms with Gasteiger partial charge in [0.05, 0.1) is 18.8 Å². The van der Waals surface area contributed by atoms with Crippen molar-refractivity contribution < 1.29 is 15.0 Å². The van der Waals surface area contributed by atoms with Crippen molar-refractivity contribution >= 4 is 5.91 Å². The third-order valence-electron chi connectivity index (χ3n) is 13.3. The van der Waals surface area contributed by atoms with Crippen LogP contribution in [0.15, 0.2) is 48.6 Å². The number of aliphatic hydroxyl groups is 2. The van der Waals surface area contributed by atoms with Gasteiger partial charge in [0.15, 0.2) is 0 Å². The van der Waals surface area contributed by atoms with Crippen LogP contribution in [-0.4, -0.2) is 34.9 Å². The van der Waals surface area contributed by atoms with Crippen LogP contribution < -0.4 is 5.32 Å². The molecule has 0 saturated heterocycles. The van der Waals surface area contributed by atoms with Crippen LogP contribution in [0.25, 0.3) is 0 Å². The lowest BCUT2D eigenvalue weighted by Crippen LogP contribution is -2.45. The molecular formula is C60H113NO3. The van der Waals surface area contributed by atoms with Crippen molar-refractivity contribution in [2.24, 2.45) is 0 Å². The number of nitrogens with one attached hydrogen (secondary N) is 1. The summed E-state index contributed by atoms with van der Waals surface area (Å²) < 4.78 is 0. The highest BCUT2D eigenvalue weighted by atomic mass is 16.3. The van der Waals surface area contributed by atoms with Crippen molar-refractivity contribution in [3.63, 3.8) is 0 Å². The Morgan fingerprint density at radius 3 is 0.906 bits per heavy atom. The number of amides is 1. The summed E-state index contributed by atoms with van der Waals surface area (Å²) >= 11 is 0. The molecule has 376 valence electrons. The molecule has 0 saturated carbocycles. The molecule has 0 heterocycles. The van der Waals surface area contributed by atoms with E-state index in [9.17, 15) is 15.0 Å². The maximum absolute atomic E-state index is 12.5. The molecule has 4 nitrogen and oxygen atoms in total. The molecule has 3 N–H and O–H groups in total. The van der Waals surface area contributed by atoms with Crippen LogP contribution in [0.5, 0.6) is 0 Å². The first kappa shape index (κ1) is 62.4. The van der Waals surface area contributed by atoms with Crippen molar-refractivity contribution in [2.75, 3.05) is 6.61 Å². The fourth-order valence-electron chi connectivity index (χ4n) is 8.86. The molecule has 64 heavy (non-hydrogen) atoms. The minimum atomic E-state index is -0.871. The fourth-order valence-corrected chi connectivity index (χ4v) is 8.86. The van der Waals surface area contributed by atoms with Gasteiger partial charge in [0, 0.05) is 6.42 Å². The molecule has 0 aromatic rings. The van der Waals surface area contributed by atoms with Gasteiger partial charge >= 0.3 is 0 Å². The lowest BCUT2D eigenvalue weighted by molar-refractivity contribution is -0.123. The molecule has 2 unspecified atom stereocenters. The van der Waals surface area contributed by atoms with Crippen molar-refractivity contribution in [3.8, 4) is 0 Å². The zero-order valence-corrected chi connectivity index (χ0v) is 43.3. The summed E-state index contributed by atoms with van der Waals surface area (Å²) in [4.78, 5) is 12.5. The average Bonchev–Trinajstić information content (AvgIpc) is 3.30. The van der Waals surface area contributed by atoms with E-state index in [0.717, 1.165) is 38.5 Å². The maximum Gasteiger partial charge on any atom is 0.220 e. The van der Waals surface area contributed by atoms with E-state index in [4.69, 9.17) is 0 Å². The van der Waals surface area contributed by atoms with Gasteiger partial charge < -0.3 is 15.5 Å². The number of hydrogen-bond donors (Lipinski definition) is 3. The zero-order valence-electron chi connectivity index (χ0n) is 43.3. The molecule has 0 radical (unpaired) electrons. The molecule has 0 aromatic carbocycles. The van der Waals surface area contributed by atoms with Crippen LogP contribution in [-0.2, 0) is 4.79 Å². The third kappa shape index (κ3) is 51.3. The van der Waals surface area contributed by atoms with Crippen LogP contribution in [0.4, 0.5) is 0 Å². The quantitative estimate of drug-likeness (QED) is 0.0421. The normalized spacial score (nSPS) is 13.1. The van der Waals surface area contributed by atoms with E-state index in [1.165, 1.54) is 250 Å². The van der Waals surface area contributed by atoms with Crippen molar-refractivity contribution in [1.29, 1.82) is 0 Å². The number of carbonyl (C=O) groups excluding carboxylic acids is 1. The van der Waals surface area contributed by atoms with E-state index in [1.807, 2.05) is 6.08 Å². The van der Waals surface area contributed by atoms with Gasteiger partial charge in [-0.25, -0.2) is 0 Å². The molecule has 0 aliphatic rings. The summed E-state index contributed by atoms with van der Waals surface area (Å²) in [5.74, 6) is -0.0742. The number of rotatable bonds is 53. The SMILES string of the molecule is CCCCCCCCCCCCC/C=C/CC/C=C/CC/C=C/C(O)C(CO)NC(=O)CCCCCCCCCCCCCCCCC/C=C\CCCCCCCCCCCCCC. The average molecular weight is 897 g/mol. The summed E-state index contributed by atoms with van der Waals surface area (Å²) in [6.07, 6.45) is 77.1. The van der Waals surface area contributed by atoms with Gasteiger partial charge in [-0.05, 0) is 70.6 Å². The Bertz CT molecular complexity index is 1020. The maximum atomic E-state index is 12.5. The summed E-state index contributed by atoms with van der Waals surface area (Å²) in [5, 5.41) is 23.1. The molecule has 0 aliphatic carbocycles. The topological polar surface area (TPSA) is 69.6 Å². The summed E-state index contributed by atoms with van der Waals surface area (Å²) in [6.45, 7) is 4.32.